The van der Waals surface area contributed by atoms with E-state index >= 15 is 0 Å². The number of nitrogens with one attached hydrogen (secondary N) is 1. The van der Waals surface area contributed by atoms with Crippen molar-refractivity contribution in [2.24, 2.45) is 0 Å². The second kappa shape index (κ2) is 9.74. The van der Waals surface area contributed by atoms with Crippen LogP contribution in [0.25, 0.3) is 0 Å². The Labute approximate surface area is 156 Å². The summed E-state index contributed by atoms with van der Waals surface area (Å²) in [5.74, 6) is 2.14. The lowest BCUT2D eigenvalue weighted by Gasteiger charge is -2.15. The zero-order valence-corrected chi connectivity index (χ0v) is 16.3. The quantitative estimate of drug-likeness (QED) is 0.695. The van der Waals surface area contributed by atoms with Crippen molar-refractivity contribution in [3.8, 4) is 5.75 Å². The van der Waals surface area contributed by atoms with Gasteiger partial charge in [-0.25, -0.2) is 0 Å². The van der Waals surface area contributed by atoms with Crippen LogP contribution < -0.4 is 10.1 Å². The van der Waals surface area contributed by atoms with Crippen molar-refractivity contribution < 1.29 is 9.53 Å². The smallest absolute Gasteiger partial charge is 0.230 e. The monoisotopic (exact) mass is 407 g/mol. The Kier molecular flexibility index (Phi) is 7.66. The van der Waals surface area contributed by atoms with Gasteiger partial charge in [0, 0.05) is 10.2 Å². The summed E-state index contributed by atoms with van der Waals surface area (Å²) in [5.41, 5.74) is 2.42. The molecule has 0 aliphatic heterocycles. The Morgan fingerprint density at radius 2 is 1.83 bits per heavy atom. The molecule has 1 amide bonds. The maximum Gasteiger partial charge on any atom is 0.230 e. The van der Waals surface area contributed by atoms with Crippen molar-refractivity contribution in [1.82, 2.24) is 5.32 Å². The Hall–Kier alpha value is -1.46. The van der Waals surface area contributed by atoms with Crippen LogP contribution in [0, 0.1) is 6.92 Å². The zero-order valence-electron chi connectivity index (χ0n) is 13.9. The van der Waals surface area contributed by atoms with Crippen molar-refractivity contribution in [2.45, 2.75) is 25.6 Å². The lowest BCUT2D eigenvalue weighted by atomic mass is 10.2. The van der Waals surface area contributed by atoms with Crippen LogP contribution in [0.5, 0.6) is 5.75 Å². The fraction of sp³-hybridized carbons (Fsp3) is 0.316. The Balaban J connectivity index is 1.64. The summed E-state index contributed by atoms with van der Waals surface area (Å²) in [4.78, 5) is 12.0. The van der Waals surface area contributed by atoms with Gasteiger partial charge in [0.05, 0.1) is 11.8 Å². The first-order valence-electron chi connectivity index (χ1n) is 7.84. The first-order chi connectivity index (χ1) is 11.5. The molecule has 2 aromatic rings. The van der Waals surface area contributed by atoms with Gasteiger partial charge in [-0.05, 0) is 43.7 Å². The molecule has 2 aromatic carbocycles. The predicted molar refractivity (Wildman–Crippen MR) is 105 cm³/mol. The van der Waals surface area contributed by atoms with E-state index in [2.05, 4.69) is 33.4 Å². The lowest BCUT2D eigenvalue weighted by Crippen LogP contribution is -2.37. The Bertz CT molecular complexity index is 643. The minimum Gasteiger partial charge on any atom is -0.491 e. The summed E-state index contributed by atoms with van der Waals surface area (Å²) in [7, 11) is 0. The maximum absolute atomic E-state index is 12.0. The van der Waals surface area contributed by atoms with Gasteiger partial charge in [0.2, 0.25) is 5.91 Å². The summed E-state index contributed by atoms with van der Waals surface area (Å²) in [5, 5.41) is 2.96. The number of hydrogen-bond acceptors (Lipinski definition) is 3. The van der Waals surface area contributed by atoms with Gasteiger partial charge in [-0.3, -0.25) is 4.79 Å². The Morgan fingerprint density at radius 3 is 2.50 bits per heavy atom. The topological polar surface area (TPSA) is 38.3 Å². The van der Waals surface area contributed by atoms with Crippen LogP contribution in [-0.2, 0) is 10.5 Å². The van der Waals surface area contributed by atoms with E-state index in [1.165, 1.54) is 11.1 Å². The summed E-state index contributed by atoms with van der Waals surface area (Å²) < 4.78 is 6.75. The molecule has 0 heterocycles. The molecule has 1 unspecified atom stereocenters. The second-order valence-electron chi connectivity index (χ2n) is 5.71. The van der Waals surface area contributed by atoms with Crippen molar-refractivity contribution >= 4 is 33.6 Å². The van der Waals surface area contributed by atoms with E-state index in [4.69, 9.17) is 4.74 Å². The van der Waals surface area contributed by atoms with Crippen molar-refractivity contribution in [2.75, 3.05) is 12.4 Å². The van der Waals surface area contributed by atoms with E-state index in [1.807, 2.05) is 50.2 Å². The summed E-state index contributed by atoms with van der Waals surface area (Å²) in [6, 6.07) is 16.0. The number of ether oxygens (including phenoxy) is 1. The van der Waals surface area contributed by atoms with Gasteiger partial charge in [0.1, 0.15) is 12.4 Å². The van der Waals surface area contributed by atoms with Crippen LogP contribution >= 0.6 is 27.7 Å². The fourth-order valence-corrected chi connectivity index (χ4v) is 3.12. The molecule has 0 aliphatic rings. The molecule has 1 atom stereocenters. The van der Waals surface area contributed by atoms with Gasteiger partial charge in [0.25, 0.3) is 0 Å². The van der Waals surface area contributed by atoms with Crippen molar-refractivity contribution in [3.63, 3.8) is 0 Å². The average Bonchev–Trinajstić information content (AvgIpc) is 2.56. The summed E-state index contributed by atoms with van der Waals surface area (Å²) in [6.07, 6.45) is 0. The summed E-state index contributed by atoms with van der Waals surface area (Å²) in [6.45, 7) is 4.45. The number of carbonyl (C=O) groups excluding carboxylic acids is 1. The molecule has 0 saturated heterocycles. The number of hydrogen-bond donors (Lipinski definition) is 1. The number of halogens is 1. The van der Waals surface area contributed by atoms with Crippen LogP contribution in [0.1, 0.15) is 18.1 Å². The largest absolute Gasteiger partial charge is 0.491 e. The minimum absolute atomic E-state index is 0.0212. The standard InChI is InChI=1S/C19H22BrNO2S/c1-14-3-9-18(10-4-14)23-11-15(2)21-19(22)13-24-12-16-5-7-17(20)8-6-16/h3-10,15H,11-13H2,1-2H3,(H,21,22). The average molecular weight is 408 g/mol. The molecule has 0 saturated carbocycles. The zero-order chi connectivity index (χ0) is 17.4. The lowest BCUT2D eigenvalue weighted by molar-refractivity contribution is -0.119. The highest BCUT2D eigenvalue weighted by molar-refractivity contribution is 9.10. The molecular formula is C19H22BrNO2S. The number of thioether (sulfide) groups is 1. The van der Waals surface area contributed by atoms with E-state index in [-0.39, 0.29) is 11.9 Å². The third kappa shape index (κ3) is 6.97. The number of carbonyl (C=O) groups is 1. The first-order valence-corrected chi connectivity index (χ1v) is 9.79. The molecule has 24 heavy (non-hydrogen) atoms. The molecule has 1 N–H and O–H groups in total. The predicted octanol–water partition coefficient (Wildman–Crippen LogP) is 4.57. The van der Waals surface area contributed by atoms with Crippen molar-refractivity contribution in [1.29, 1.82) is 0 Å². The van der Waals surface area contributed by atoms with Crippen LogP contribution in [0.15, 0.2) is 53.0 Å². The molecule has 128 valence electrons. The number of amides is 1. The maximum atomic E-state index is 12.0. The van der Waals surface area contributed by atoms with E-state index in [0.29, 0.717) is 12.4 Å². The number of aryl methyl sites for hydroxylation is 1. The molecule has 5 heteroatoms. The van der Waals surface area contributed by atoms with E-state index in [1.54, 1.807) is 11.8 Å². The molecule has 0 aliphatic carbocycles. The molecule has 0 bridgehead atoms. The molecule has 2 rings (SSSR count). The highest BCUT2D eigenvalue weighted by Gasteiger charge is 2.08. The van der Waals surface area contributed by atoms with Crippen LogP contribution in [0.2, 0.25) is 0 Å². The summed E-state index contributed by atoms with van der Waals surface area (Å²) >= 11 is 5.03. The molecule has 3 nitrogen and oxygen atoms in total. The van der Waals surface area contributed by atoms with E-state index in [9.17, 15) is 4.79 Å². The van der Waals surface area contributed by atoms with Gasteiger partial charge >= 0.3 is 0 Å². The molecule has 0 aromatic heterocycles. The van der Waals surface area contributed by atoms with Crippen molar-refractivity contribution in [3.05, 3.63) is 64.1 Å². The van der Waals surface area contributed by atoms with Crippen LogP contribution in [0.3, 0.4) is 0 Å². The number of benzene rings is 2. The third-order valence-corrected chi connectivity index (χ3v) is 4.88. The van der Waals surface area contributed by atoms with Crippen LogP contribution in [0.4, 0.5) is 0 Å². The SMILES string of the molecule is Cc1ccc(OCC(C)NC(=O)CSCc2ccc(Br)cc2)cc1. The van der Waals surface area contributed by atoms with E-state index in [0.717, 1.165) is 16.0 Å². The highest BCUT2D eigenvalue weighted by atomic mass is 79.9. The van der Waals surface area contributed by atoms with Gasteiger partial charge in [-0.2, -0.15) is 0 Å². The fourth-order valence-electron chi connectivity index (χ4n) is 2.06. The number of rotatable bonds is 8. The normalized spacial score (nSPS) is 11.8. The second-order valence-corrected chi connectivity index (χ2v) is 7.61. The molecule has 0 spiro atoms. The molecule has 0 radical (unpaired) electrons. The van der Waals surface area contributed by atoms with E-state index < -0.39 is 0 Å². The minimum atomic E-state index is -0.0212. The third-order valence-electron chi connectivity index (χ3n) is 3.34. The van der Waals surface area contributed by atoms with Gasteiger partial charge in [0.15, 0.2) is 0 Å². The van der Waals surface area contributed by atoms with Gasteiger partial charge in [-0.1, -0.05) is 45.8 Å². The van der Waals surface area contributed by atoms with Gasteiger partial charge in [-0.15, -0.1) is 11.8 Å². The van der Waals surface area contributed by atoms with Gasteiger partial charge < -0.3 is 10.1 Å². The first kappa shape index (κ1) is 18.9. The molecule has 0 fully saturated rings. The molecular weight excluding hydrogens is 386 g/mol. The Morgan fingerprint density at radius 1 is 1.17 bits per heavy atom. The van der Waals surface area contributed by atoms with Crippen LogP contribution in [-0.4, -0.2) is 24.3 Å². The highest BCUT2D eigenvalue weighted by Crippen LogP contribution is 2.16.